The van der Waals surface area contributed by atoms with Crippen molar-refractivity contribution >= 4 is 29.9 Å². The van der Waals surface area contributed by atoms with Crippen molar-refractivity contribution in [3.8, 4) is 17.2 Å². The Morgan fingerprint density at radius 3 is 2.19 bits per heavy atom. The van der Waals surface area contributed by atoms with Gasteiger partial charge < -0.3 is 20.1 Å². The summed E-state index contributed by atoms with van der Waals surface area (Å²) in [6.45, 7) is 4.15. The van der Waals surface area contributed by atoms with Crippen LogP contribution in [0.15, 0.2) is 65.8 Å². The molecule has 0 amide bonds. The van der Waals surface area contributed by atoms with Crippen LogP contribution in [-0.4, -0.2) is 43.0 Å². The Bertz CT molecular complexity index is 939. The summed E-state index contributed by atoms with van der Waals surface area (Å²) in [5.41, 5.74) is 3.13. The fourth-order valence-electron chi connectivity index (χ4n) is 2.94. The van der Waals surface area contributed by atoms with Gasteiger partial charge in [-0.05, 0) is 61.4 Å². The summed E-state index contributed by atoms with van der Waals surface area (Å²) >= 11 is 0. The minimum Gasteiger partial charge on any atom is -0.497 e. The average molecular weight is 535 g/mol. The smallest absolute Gasteiger partial charge is 0.191 e. The number of hydrogen-bond acceptors (Lipinski definition) is 4. The van der Waals surface area contributed by atoms with Crippen molar-refractivity contribution < 1.29 is 9.47 Å². The molecule has 166 valence electrons. The Labute approximate surface area is 200 Å². The van der Waals surface area contributed by atoms with Crippen LogP contribution < -0.4 is 20.1 Å². The Morgan fingerprint density at radius 2 is 1.58 bits per heavy atom. The Morgan fingerprint density at radius 1 is 0.935 bits per heavy atom. The number of aromatic nitrogens is 2. The van der Waals surface area contributed by atoms with Gasteiger partial charge in [0.1, 0.15) is 11.5 Å². The summed E-state index contributed by atoms with van der Waals surface area (Å²) in [5, 5.41) is 11.3. The van der Waals surface area contributed by atoms with E-state index >= 15 is 0 Å². The predicted molar refractivity (Wildman–Crippen MR) is 135 cm³/mol. The van der Waals surface area contributed by atoms with Crippen LogP contribution in [0.5, 0.6) is 11.5 Å². The van der Waals surface area contributed by atoms with Crippen LogP contribution in [0, 0.1) is 0 Å². The lowest BCUT2D eigenvalue weighted by atomic mass is 10.1. The molecule has 3 rings (SSSR count). The van der Waals surface area contributed by atoms with Crippen LogP contribution in [0.1, 0.15) is 18.2 Å². The first-order chi connectivity index (χ1) is 14.7. The van der Waals surface area contributed by atoms with Gasteiger partial charge in [-0.3, -0.25) is 0 Å². The van der Waals surface area contributed by atoms with Gasteiger partial charge in [-0.25, -0.2) is 9.67 Å². The van der Waals surface area contributed by atoms with Crippen LogP contribution in [-0.2, 0) is 13.0 Å². The van der Waals surface area contributed by atoms with Crippen molar-refractivity contribution in [1.82, 2.24) is 20.4 Å². The number of ether oxygens (including phenoxy) is 2. The Balaban J connectivity index is 0.00000341. The number of guanidine groups is 1. The molecule has 0 spiro atoms. The molecule has 8 heteroatoms. The van der Waals surface area contributed by atoms with E-state index in [9.17, 15) is 0 Å². The monoisotopic (exact) mass is 535 g/mol. The minimum atomic E-state index is 0. The highest BCUT2D eigenvalue weighted by atomic mass is 127. The summed E-state index contributed by atoms with van der Waals surface area (Å²) in [6.07, 6.45) is 2.84. The lowest BCUT2D eigenvalue weighted by Crippen LogP contribution is -2.38. The highest BCUT2D eigenvalue weighted by molar-refractivity contribution is 14.0. The van der Waals surface area contributed by atoms with E-state index in [1.807, 2.05) is 53.3 Å². The number of halogens is 1. The van der Waals surface area contributed by atoms with E-state index in [4.69, 9.17) is 9.47 Å². The summed E-state index contributed by atoms with van der Waals surface area (Å²) in [6, 6.07) is 17.9. The second-order valence-electron chi connectivity index (χ2n) is 6.67. The lowest BCUT2D eigenvalue weighted by Gasteiger charge is -2.11. The standard InChI is InChI=1S/C23H29N5O2.HI/c1-4-24-23(25-15-13-18-5-9-21(29-2)10-6-18)26-17-19-14-16-28(27-19)20-7-11-22(30-3)12-8-20;/h5-12,14,16H,4,13,15,17H2,1-3H3,(H2,24,25,26);1H. The molecule has 0 aliphatic rings. The van der Waals surface area contributed by atoms with E-state index in [1.54, 1.807) is 14.2 Å². The van der Waals surface area contributed by atoms with Crippen molar-refractivity contribution in [3.05, 3.63) is 72.1 Å². The molecule has 0 unspecified atom stereocenters. The van der Waals surface area contributed by atoms with Gasteiger partial charge in [0.05, 0.1) is 32.1 Å². The molecular formula is C23H30IN5O2. The van der Waals surface area contributed by atoms with Crippen LogP contribution >= 0.6 is 24.0 Å². The SMILES string of the molecule is CCNC(=NCc1ccn(-c2ccc(OC)cc2)n1)NCCc1ccc(OC)cc1.I. The van der Waals surface area contributed by atoms with Crippen LogP contribution in [0.2, 0.25) is 0 Å². The first kappa shape index (κ1) is 24.5. The normalized spacial score (nSPS) is 10.9. The van der Waals surface area contributed by atoms with Crippen LogP contribution in [0.3, 0.4) is 0 Å². The molecule has 0 radical (unpaired) electrons. The van der Waals surface area contributed by atoms with Crippen molar-refractivity contribution in [3.63, 3.8) is 0 Å². The van der Waals surface area contributed by atoms with E-state index < -0.39 is 0 Å². The topological polar surface area (TPSA) is 72.7 Å². The first-order valence-electron chi connectivity index (χ1n) is 10.1. The second kappa shape index (κ2) is 12.8. The quantitative estimate of drug-likeness (QED) is 0.248. The number of nitrogens with zero attached hydrogens (tertiary/aromatic N) is 3. The summed E-state index contributed by atoms with van der Waals surface area (Å²) in [5.74, 6) is 2.48. The molecule has 7 nitrogen and oxygen atoms in total. The fourth-order valence-corrected chi connectivity index (χ4v) is 2.94. The van der Waals surface area contributed by atoms with Gasteiger partial charge in [0.2, 0.25) is 0 Å². The molecule has 0 aliphatic heterocycles. The molecule has 0 atom stereocenters. The number of rotatable bonds is 9. The molecule has 0 aliphatic carbocycles. The van der Waals surface area contributed by atoms with Crippen LogP contribution in [0.4, 0.5) is 0 Å². The Kier molecular flexibility index (Phi) is 10.2. The van der Waals surface area contributed by atoms with Crippen molar-refractivity contribution in [1.29, 1.82) is 0 Å². The zero-order chi connectivity index (χ0) is 21.2. The minimum absolute atomic E-state index is 0. The summed E-state index contributed by atoms with van der Waals surface area (Å²) < 4.78 is 12.2. The average Bonchev–Trinajstić information content (AvgIpc) is 3.27. The zero-order valence-corrected chi connectivity index (χ0v) is 20.5. The molecule has 0 bridgehead atoms. The predicted octanol–water partition coefficient (Wildman–Crippen LogP) is 3.81. The van der Waals surface area contributed by atoms with Gasteiger partial charge in [0, 0.05) is 19.3 Å². The summed E-state index contributed by atoms with van der Waals surface area (Å²) in [4.78, 5) is 4.66. The second-order valence-corrected chi connectivity index (χ2v) is 6.67. The maximum atomic E-state index is 5.20. The number of methoxy groups -OCH3 is 2. The number of benzene rings is 2. The third-order valence-electron chi connectivity index (χ3n) is 4.59. The molecule has 0 saturated heterocycles. The molecule has 0 saturated carbocycles. The van der Waals surface area contributed by atoms with Crippen molar-refractivity contribution in [2.24, 2.45) is 4.99 Å². The molecule has 31 heavy (non-hydrogen) atoms. The number of hydrogen-bond donors (Lipinski definition) is 2. The maximum Gasteiger partial charge on any atom is 0.191 e. The highest BCUT2D eigenvalue weighted by Gasteiger charge is 2.03. The third kappa shape index (κ3) is 7.46. The van der Waals surface area contributed by atoms with Gasteiger partial charge in [-0.15, -0.1) is 24.0 Å². The molecule has 1 aromatic heterocycles. The van der Waals surface area contributed by atoms with E-state index in [0.29, 0.717) is 6.54 Å². The zero-order valence-electron chi connectivity index (χ0n) is 18.2. The summed E-state index contributed by atoms with van der Waals surface area (Å²) in [7, 11) is 3.34. The number of nitrogens with one attached hydrogen (secondary N) is 2. The van der Waals surface area contributed by atoms with Crippen molar-refractivity contribution in [2.75, 3.05) is 27.3 Å². The van der Waals surface area contributed by atoms with E-state index in [2.05, 4.69) is 39.8 Å². The first-order valence-corrected chi connectivity index (χ1v) is 10.1. The molecule has 3 aromatic rings. The van der Waals surface area contributed by atoms with Gasteiger partial charge in [-0.2, -0.15) is 5.10 Å². The maximum absolute atomic E-state index is 5.20. The molecule has 2 aromatic carbocycles. The molecule has 0 fully saturated rings. The molecular weight excluding hydrogens is 505 g/mol. The number of aliphatic imine (C=N–C) groups is 1. The Hall–Kier alpha value is -2.75. The van der Waals surface area contributed by atoms with Crippen LogP contribution in [0.25, 0.3) is 5.69 Å². The van der Waals surface area contributed by atoms with Crippen molar-refractivity contribution in [2.45, 2.75) is 19.9 Å². The van der Waals surface area contributed by atoms with E-state index in [0.717, 1.165) is 48.4 Å². The highest BCUT2D eigenvalue weighted by Crippen LogP contribution is 2.15. The largest absolute Gasteiger partial charge is 0.497 e. The molecule has 2 N–H and O–H groups in total. The lowest BCUT2D eigenvalue weighted by molar-refractivity contribution is 0.414. The fraction of sp³-hybridized carbons (Fsp3) is 0.304. The van der Waals surface area contributed by atoms with Gasteiger partial charge in [-0.1, -0.05) is 12.1 Å². The van der Waals surface area contributed by atoms with E-state index in [-0.39, 0.29) is 24.0 Å². The van der Waals surface area contributed by atoms with Gasteiger partial charge in [0.15, 0.2) is 5.96 Å². The van der Waals surface area contributed by atoms with Gasteiger partial charge in [0.25, 0.3) is 0 Å². The van der Waals surface area contributed by atoms with Gasteiger partial charge >= 0.3 is 0 Å². The third-order valence-corrected chi connectivity index (χ3v) is 4.59. The molecule has 1 heterocycles. The van der Waals surface area contributed by atoms with E-state index in [1.165, 1.54) is 5.56 Å².